The highest BCUT2D eigenvalue weighted by molar-refractivity contribution is 5.82. The minimum atomic E-state index is 0.741. The van der Waals surface area contributed by atoms with Crippen molar-refractivity contribution >= 4 is 37.3 Å². The van der Waals surface area contributed by atoms with Crippen LogP contribution in [-0.4, -0.2) is 76.6 Å². The average molecular weight is 1260 g/mol. The van der Waals surface area contributed by atoms with Crippen molar-refractivity contribution in [2.75, 3.05) is 39.3 Å². The molecule has 6 heteroatoms. The zero-order chi connectivity index (χ0) is 67.9. The maximum Gasteiger partial charge on any atom is 0.0391 e. The van der Waals surface area contributed by atoms with Crippen LogP contribution in [0.1, 0.15) is 276 Å². The van der Waals surface area contributed by atoms with Gasteiger partial charge in [-0.15, -0.1) is 0 Å². The van der Waals surface area contributed by atoms with Crippen LogP contribution < -0.4 is 0 Å². The largest absolute Gasteiger partial charge is 0.293 e. The van der Waals surface area contributed by atoms with Crippen molar-refractivity contribution in [2.45, 2.75) is 251 Å². The van der Waals surface area contributed by atoms with Crippen molar-refractivity contribution in [3.63, 3.8) is 0 Å². The Hall–Kier alpha value is -6.66. The molecule has 6 aromatic rings. The Bertz CT molecular complexity index is 2760. The lowest BCUT2D eigenvalue weighted by atomic mass is 10.1. The number of unbranched alkanes of at least 4 members (excludes halogenated alkanes) is 19. The summed E-state index contributed by atoms with van der Waals surface area (Å²) in [7, 11) is 0. The van der Waals surface area contributed by atoms with E-state index in [0.29, 0.717) is 0 Å². The quantitative estimate of drug-likeness (QED) is 0.0274. The first-order valence-electron chi connectivity index (χ1n) is 36.7. The fourth-order valence-corrected chi connectivity index (χ4v) is 9.10. The lowest BCUT2D eigenvalue weighted by Gasteiger charge is -1.99. The zero-order valence-corrected chi connectivity index (χ0v) is 61.5. The van der Waals surface area contributed by atoms with Crippen LogP contribution in [-0.2, 0) is 0 Å². The molecule has 510 valence electrons. The Morgan fingerprint density at radius 1 is 0.215 bits per heavy atom. The highest BCUT2D eigenvalue weighted by Crippen LogP contribution is 2.11. The van der Waals surface area contributed by atoms with Crippen LogP contribution in [0.25, 0.3) is 0 Å². The van der Waals surface area contributed by atoms with E-state index in [0.717, 1.165) is 45.2 Å². The van der Waals surface area contributed by atoms with E-state index in [9.17, 15) is 0 Å². The summed E-state index contributed by atoms with van der Waals surface area (Å²) in [5.41, 5.74) is 15.0. The monoisotopic (exact) mass is 1260 g/mol. The van der Waals surface area contributed by atoms with E-state index in [1.165, 1.54) is 227 Å². The maximum atomic E-state index is 4.48. The number of nitrogens with zero attached hydrogens (tertiary/aromatic N) is 6. The normalized spacial score (nSPS) is 11.2. The van der Waals surface area contributed by atoms with E-state index in [1.807, 2.05) is 37.3 Å². The summed E-state index contributed by atoms with van der Waals surface area (Å²) in [4.78, 5) is 26.5. The van der Waals surface area contributed by atoms with Crippen molar-refractivity contribution in [2.24, 2.45) is 35.9 Å². The minimum absolute atomic E-state index is 0.741. The second kappa shape index (κ2) is 61.5. The average Bonchev–Trinajstić information content (AvgIpc) is 3.69. The van der Waals surface area contributed by atoms with Gasteiger partial charge in [-0.2, -0.15) is 0 Å². The fraction of sp³-hybridized carbons (Fsp3) is 0.517. The molecule has 0 heterocycles. The van der Waals surface area contributed by atoms with Crippen molar-refractivity contribution < 1.29 is 0 Å². The van der Waals surface area contributed by atoms with Gasteiger partial charge in [-0.25, -0.2) is 0 Å². The van der Waals surface area contributed by atoms with Crippen molar-refractivity contribution in [1.29, 1.82) is 0 Å². The summed E-state index contributed by atoms with van der Waals surface area (Å²) < 4.78 is 0. The second-order valence-corrected chi connectivity index (χ2v) is 25.6. The lowest BCUT2D eigenvalue weighted by Crippen LogP contribution is -1.91. The van der Waals surface area contributed by atoms with Crippen LogP contribution in [0.5, 0.6) is 0 Å². The summed E-state index contributed by atoms with van der Waals surface area (Å²) in [6.45, 7) is 34.0. The van der Waals surface area contributed by atoms with E-state index in [2.05, 4.69) is 266 Å². The second-order valence-electron chi connectivity index (χ2n) is 25.6. The molecule has 0 aliphatic rings. The fourth-order valence-electron chi connectivity index (χ4n) is 9.10. The molecule has 0 aromatic heterocycles. The van der Waals surface area contributed by atoms with Gasteiger partial charge in [0.25, 0.3) is 0 Å². The summed E-state index contributed by atoms with van der Waals surface area (Å²) in [6.07, 6.45) is 44.6. The molecule has 0 radical (unpaired) electrons. The van der Waals surface area contributed by atoms with E-state index in [4.69, 9.17) is 0 Å². The Labute approximate surface area is 572 Å². The van der Waals surface area contributed by atoms with Gasteiger partial charge < -0.3 is 0 Å². The predicted molar refractivity (Wildman–Crippen MR) is 420 cm³/mol. The molecule has 0 N–H and O–H groups in total. The van der Waals surface area contributed by atoms with E-state index in [-0.39, 0.29) is 0 Å². The molecule has 0 saturated heterocycles. The molecule has 6 aromatic carbocycles. The molecule has 6 rings (SSSR count). The predicted octanol–water partition coefficient (Wildman–Crippen LogP) is 25.0. The molecule has 0 unspecified atom stereocenters. The molecule has 0 fully saturated rings. The number of hydrogen-bond acceptors (Lipinski definition) is 6. The van der Waals surface area contributed by atoms with Gasteiger partial charge in [0, 0.05) is 76.6 Å². The van der Waals surface area contributed by atoms with Crippen LogP contribution in [0.2, 0.25) is 0 Å². The Balaban J connectivity index is 0.000000560. The molecular formula is C87H132N6. The Morgan fingerprint density at radius 3 is 0.570 bits per heavy atom. The molecule has 0 aliphatic carbocycles. The molecular weight excluding hydrogens is 1130 g/mol. The summed E-state index contributed by atoms with van der Waals surface area (Å²) in [5.74, 6) is 0.741. The van der Waals surface area contributed by atoms with Crippen LogP contribution in [0.3, 0.4) is 0 Å². The first-order valence-corrected chi connectivity index (χ1v) is 36.7. The molecule has 93 heavy (non-hydrogen) atoms. The van der Waals surface area contributed by atoms with Crippen molar-refractivity contribution in [3.05, 3.63) is 212 Å². The van der Waals surface area contributed by atoms with Gasteiger partial charge in [0.2, 0.25) is 0 Å². The van der Waals surface area contributed by atoms with Gasteiger partial charge in [-0.05, 0) is 119 Å². The molecule has 0 saturated carbocycles. The van der Waals surface area contributed by atoms with Crippen molar-refractivity contribution in [3.8, 4) is 0 Å². The number of aliphatic imine (C=N–C) groups is 6. The van der Waals surface area contributed by atoms with Gasteiger partial charge in [0.15, 0.2) is 0 Å². The topological polar surface area (TPSA) is 74.2 Å². The highest BCUT2D eigenvalue weighted by atomic mass is 14.7. The molecule has 0 atom stereocenters. The first kappa shape index (κ1) is 84.4. The lowest BCUT2D eigenvalue weighted by molar-refractivity contribution is 0.593. The number of benzene rings is 6. The minimum Gasteiger partial charge on any atom is -0.293 e. The van der Waals surface area contributed by atoms with E-state index in [1.54, 1.807) is 0 Å². The van der Waals surface area contributed by atoms with Crippen LogP contribution in [0.15, 0.2) is 176 Å². The Kier molecular flexibility index (Phi) is 55.8. The molecule has 0 aliphatic heterocycles. The summed E-state index contributed by atoms with van der Waals surface area (Å²) >= 11 is 0. The Morgan fingerprint density at radius 2 is 0.376 bits per heavy atom. The third kappa shape index (κ3) is 54.4. The third-order valence-corrected chi connectivity index (χ3v) is 15.4. The first-order chi connectivity index (χ1) is 45.3. The third-order valence-electron chi connectivity index (χ3n) is 15.4. The number of rotatable bonds is 38. The van der Waals surface area contributed by atoms with Gasteiger partial charge in [-0.1, -0.05) is 349 Å². The smallest absolute Gasteiger partial charge is 0.0391 e. The highest BCUT2D eigenvalue weighted by Gasteiger charge is 1.96. The molecule has 0 amide bonds. The van der Waals surface area contributed by atoms with Crippen LogP contribution in [0.4, 0.5) is 0 Å². The van der Waals surface area contributed by atoms with Gasteiger partial charge in [0.1, 0.15) is 0 Å². The zero-order valence-electron chi connectivity index (χ0n) is 61.5. The number of hydrogen-bond donors (Lipinski definition) is 0. The van der Waals surface area contributed by atoms with Gasteiger partial charge >= 0.3 is 0 Å². The SMILES string of the molecule is CCCCCCCCCN=Cc1ccc(C)cc1.CCCCCCCCN=Cc1ccc(C)cc1.CCCCCCCN=Cc1ccc(C)cc1.CCCCCCN=Cc1ccc(C)cc1.CCCCN=Cc1ccc(C)cc1.Cc1ccc(C=NCCC(C)C)cc1. The summed E-state index contributed by atoms with van der Waals surface area (Å²) in [6, 6.07) is 50.9. The molecule has 0 bridgehead atoms. The van der Waals surface area contributed by atoms with Crippen LogP contribution in [0, 0.1) is 47.5 Å². The van der Waals surface area contributed by atoms with Crippen molar-refractivity contribution in [1.82, 2.24) is 0 Å². The molecule has 6 nitrogen and oxygen atoms in total. The van der Waals surface area contributed by atoms with E-state index < -0.39 is 0 Å². The number of aryl methyl sites for hydroxylation is 6. The van der Waals surface area contributed by atoms with Crippen LogP contribution >= 0.6 is 0 Å². The summed E-state index contributed by atoms with van der Waals surface area (Å²) in [5, 5.41) is 0. The standard InChI is InChI=1S/C17H27N.C16H25N.C15H23N.C14H21N.C13H19N.C12H17N/c1-3-4-5-6-7-8-9-14-18-15-17-12-10-16(2)11-13-17;1-3-4-5-6-7-8-13-17-14-16-11-9-15(2)10-12-16;1-3-4-5-6-7-12-16-13-15-10-8-14(2)9-11-15;1-3-4-5-6-11-15-12-14-9-7-13(2)8-10-14;1-11(2)8-9-14-10-13-6-4-12(3)5-7-13;1-3-4-9-13-10-12-7-5-11(2)6-8-12/h10-13,15H,3-9,14H2,1-2H3;9-12,14H,3-8,13H2,1-2H3;8-11,13H,3-7,12H2,1-2H3;7-10,12H,3-6,11H2,1-2H3;4-7,10-11H,8-9H2,1-3H3;5-8,10H,3-4,9H2,1-2H3. The van der Waals surface area contributed by atoms with Gasteiger partial charge in [-0.3, -0.25) is 30.0 Å². The van der Waals surface area contributed by atoms with Gasteiger partial charge in [0.05, 0.1) is 0 Å². The van der Waals surface area contributed by atoms with E-state index >= 15 is 0 Å². The maximum absolute atomic E-state index is 4.48. The molecule has 0 spiro atoms.